The molecule has 0 amide bonds. The number of Topliss-reactive ketones (excluding diaryl/α,β-unsaturated/α-hetero) is 1. The summed E-state index contributed by atoms with van der Waals surface area (Å²) < 4.78 is 0. The van der Waals surface area contributed by atoms with Crippen molar-refractivity contribution in [2.45, 2.75) is 78.7 Å². The summed E-state index contributed by atoms with van der Waals surface area (Å²) in [6.07, 6.45) is 7.75. The molecule has 0 heterocycles. The van der Waals surface area contributed by atoms with E-state index in [1.807, 2.05) is 0 Å². The van der Waals surface area contributed by atoms with Crippen LogP contribution in [0.5, 0.6) is 0 Å². The summed E-state index contributed by atoms with van der Waals surface area (Å²) >= 11 is 0. The van der Waals surface area contributed by atoms with Crippen LogP contribution in [0.3, 0.4) is 0 Å². The quantitative estimate of drug-likeness (QED) is 0.804. The maximum atomic E-state index is 12.1. The van der Waals surface area contributed by atoms with E-state index in [0.717, 1.165) is 25.2 Å². The number of ketones is 1. The molecule has 0 aliphatic heterocycles. The Morgan fingerprint density at radius 1 is 1.17 bits per heavy atom. The zero-order valence-corrected chi connectivity index (χ0v) is 15.3. The van der Waals surface area contributed by atoms with Gasteiger partial charge in [-0.1, -0.05) is 52.9 Å². The van der Waals surface area contributed by atoms with E-state index in [1.165, 1.54) is 19.3 Å². The Hall–Kier alpha value is -0.900. The summed E-state index contributed by atoms with van der Waals surface area (Å²) in [5.41, 5.74) is 5.66. The Morgan fingerprint density at radius 2 is 1.78 bits per heavy atom. The number of aliphatic carboxylic acids is 1. The molecule has 2 rings (SSSR count). The number of rotatable bonds is 5. The molecular formula is C19H35NO3. The van der Waals surface area contributed by atoms with Crippen LogP contribution in [0, 0.1) is 29.6 Å². The molecule has 2 aliphatic carbocycles. The van der Waals surface area contributed by atoms with Crippen LogP contribution < -0.4 is 5.73 Å². The van der Waals surface area contributed by atoms with Crippen LogP contribution in [0.25, 0.3) is 0 Å². The molecule has 2 fully saturated rings. The minimum absolute atomic E-state index is 0.0493. The molecule has 0 radical (unpaired) electrons. The molecule has 0 spiro atoms. The molecule has 0 saturated heterocycles. The van der Waals surface area contributed by atoms with Gasteiger partial charge in [-0.15, -0.1) is 0 Å². The normalized spacial score (nSPS) is 31.0. The molecular weight excluding hydrogens is 290 g/mol. The summed E-state index contributed by atoms with van der Waals surface area (Å²) in [6, 6.07) is -0.539. The highest BCUT2D eigenvalue weighted by atomic mass is 16.4. The number of hydrogen-bond acceptors (Lipinski definition) is 3. The van der Waals surface area contributed by atoms with Gasteiger partial charge in [0.05, 0.1) is 12.0 Å². The van der Waals surface area contributed by atoms with Crippen molar-refractivity contribution in [2.24, 2.45) is 35.3 Å². The lowest BCUT2D eigenvalue weighted by molar-refractivity contribution is -0.146. The first-order chi connectivity index (χ1) is 10.8. The fourth-order valence-electron chi connectivity index (χ4n) is 4.32. The Morgan fingerprint density at radius 3 is 2.22 bits per heavy atom. The molecule has 0 aromatic rings. The lowest BCUT2D eigenvalue weighted by Crippen LogP contribution is -2.40. The zero-order chi connectivity index (χ0) is 17.6. The van der Waals surface area contributed by atoms with Gasteiger partial charge >= 0.3 is 5.97 Å². The van der Waals surface area contributed by atoms with Crippen LogP contribution in [0.2, 0.25) is 0 Å². The van der Waals surface area contributed by atoms with Crippen LogP contribution in [-0.2, 0) is 9.59 Å². The molecule has 23 heavy (non-hydrogen) atoms. The van der Waals surface area contributed by atoms with E-state index in [4.69, 9.17) is 5.73 Å². The fourth-order valence-corrected chi connectivity index (χ4v) is 4.32. The monoisotopic (exact) mass is 325 g/mol. The average Bonchev–Trinajstić information content (AvgIpc) is 2.86. The smallest absolute Gasteiger partial charge is 0.307 e. The Labute approximate surface area is 141 Å². The Balaban J connectivity index is 0.000000379. The zero-order valence-electron chi connectivity index (χ0n) is 15.3. The molecule has 134 valence electrons. The number of nitrogens with two attached hydrogens (primary N) is 1. The van der Waals surface area contributed by atoms with Gasteiger partial charge in [0.2, 0.25) is 0 Å². The summed E-state index contributed by atoms with van der Waals surface area (Å²) in [6.45, 7) is 8.39. The van der Waals surface area contributed by atoms with Crippen LogP contribution >= 0.6 is 0 Å². The topological polar surface area (TPSA) is 80.4 Å². The fraction of sp³-hybridized carbons (Fsp3) is 0.895. The minimum Gasteiger partial charge on any atom is -0.481 e. The van der Waals surface area contributed by atoms with Gasteiger partial charge in [0.1, 0.15) is 0 Å². The van der Waals surface area contributed by atoms with Crippen molar-refractivity contribution in [3.05, 3.63) is 0 Å². The van der Waals surface area contributed by atoms with Gasteiger partial charge in [-0.05, 0) is 37.5 Å². The SMILES string of the molecule is CCCC(C)C.C[C@H](N)C(=O)C1[C@H]2CCCC[C@H]2C[C@H]1C(=O)O. The highest BCUT2D eigenvalue weighted by molar-refractivity contribution is 5.90. The van der Waals surface area contributed by atoms with E-state index >= 15 is 0 Å². The van der Waals surface area contributed by atoms with Crippen molar-refractivity contribution in [1.29, 1.82) is 0 Å². The number of carboxylic acid groups (broad SMARTS) is 1. The van der Waals surface area contributed by atoms with Gasteiger partial charge in [-0.3, -0.25) is 9.59 Å². The maximum Gasteiger partial charge on any atom is 0.307 e. The van der Waals surface area contributed by atoms with E-state index in [9.17, 15) is 14.7 Å². The largest absolute Gasteiger partial charge is 0.481 e. The van der Waals surface area contributed by atoms with E-state index in [0.29, 0.717) is 12.3 Å². The van der Waals surface area contributed by atoms with Crippen molar-refractivity contribution in [2.75, 3.05) is 0 Å². The van der Waals surface area contributed by atoms with Crippen LogP contribution in [0.1, 0.15) is 72.6 Å². The summed E-state index contributed by atoms with van der Waals surface area (Å²) in [4.78, 5) is 23.4. The first-order valence-electron chi connectivity index (χ1n) is 9.31. The molecule has 2 saturated carbocycles. The summed E-state index contributed by atoms with van der Waals surface area (Å²) in [5, 5.41) is 9.27. The van der Waals surface area contributed by atoms with Crippen molar-refractivity contribution < 1.29 is 14.7 Å². The van der Waals surface area contributed by atoms with Crippen LogP contribution in [0.4, 0.5) is 0 Å². The molecule has 2 aliphatic rings. The van der Waals surface area contributed by atoms with Crippen molar-refractivity contribution in [3.63, 3.8) is 0 Å². The molecule has 0 aromatic carbocycles. The lowest BCUT2D eigenvalue weighted by atomic mass is 9.75. The van der Waals surface area contributed by atoms with Gasteiger partial charge < -0.3 is 10.8 Å². The summed E-state index contributed by atoms with van der Waals surface area (Å²) in [5.74, 6) is -0.111. The molecule has 4 heteroatoms. The third-order valence-corrected chi connectivity index (χ3v) is 5.38. The molecule has 0 aromatic heterocycles. The highest BCUT2D eigenvalue weighted by Gasteiger charge is 2.50. The minimum atomic E-state index is -0.821. The summed E-state index contributed by atoms with van der Waals surface area (Å²) in [7, 11) is 0. The maximum absolute atomic E-state index is 12.1. The predicted octanol–water partition coefficient (Wildman–Crippen LogP) is 3.87. The van der Waals surface area contributed by atoms with Gasteiger partial charge in [0.15, 0.2) is 5.78 Å². The molecule has 0 bridgehead atoms. The van der Waals surface area contributed by atoms with Gasteiger partial charge in [0.25, 0.3) is 0 Å². The first kappa shape index (κ1) is 20.1. The van der Waals surface area contributed by atoms with Gasteiger partial charge in [0, 0.05) is 5.92 Å². The lowest BCUT2D eigenvalue weighted by Gasteiger charge is -2.29. The number of fused-ring (bicyclic) bond motifs is 1. The first-order valence-corrected chi connectivity index (χ1v) is 9.31. The van der Waals surface area contributed by atoms with Gasteiger partial charge in [-0.2, -0.15) is 0 Å². The number of carbonyl (C=O) groups excluding carboxylic acids is 1. The third-order valence-electron chi connectivity index (χ3n) is 5.38. The Bertz CT molecular complexity index is 392. The van der Waals surface area contributed by atoms with Crippen LogP contribution in [0.15, 0.2) is 0 Å². The van der Waals surface area contributed by atoms with Crippen molar-refractivity contribution in [3.8, 4) is 0 Å². The Kier molecular flexibility index (Phi) is 8.24. The van der Waals surface area contributed by atoms with E-state index in [1.54, 1.807) is 6.92 Å². The highest BCUT2D eigenvalue weighted by Crippen LogP contribution is 2.49. The molecule has 5 atom stereocenters. The van der Waals surface area contributed by atoms with E-state index in [2.05, 4.69) is 20.8 Å². The standard InChI is InChI=1S/C13H21NO3.C6H14/c1-7(14)12(15)11-9-5-3-2-4-8(9)6-10(11)13(16)17;1-4-5-6(2)3/h7-11H,2-6,14H2,1H3,(H,16,17);6H,4-5H2,1-3H3/t7-,8-,9-,10+,11?;/m0./s1. The van der Waals surface area contributed by atoms with Crippen molar-refractivity contribution >= 4 is 11.8 Å². The second kappa shape index (κ2) is 9.41. The number of carboxylic acids is 1. The predicted molar refractivity (Wildman–Crippen MR) is 93.1 cm³/mol. The van der Waals surface area contributed by atoms with E-state index in [-0.39, 0.29) is 17.6 Å². The van der Waals surface area contributed by atoms with Gasteiger partial charge in [-0.25, -0.2) is 0 Å². The average molecular weight is 325 g/mol. The second-order valence-corrected chi connectivity index (χ2v) is 7.79. The number of carbonyl (C=O) groups is 2. The van der Waals surface area contributed by atoms with E-state index < -0.39 is 17.9 Å². The van der Waals surface area contributed by atoms with Crippen molar-refractivity contribution in [1.82, 2.24) is 0 Å². The molecule has 3 N–H and O–H groups in total. The third kappa shape index (κ3) is 5.59. The number of hydrogen-bond donors (Lipinski definition) is 2. The van der Waals surface area contributed by atoms with Crippen LogP contribution in [-0.4, -0.2) is 22.9 Å². The second-order valence-electron chi connectivity index (χ2n) is 7.79. The molecule has 1 unspecified atom stereocenters. The molecule has 4 nitrogen and oxygen atoms in total.